The number of hydrogen-bond acceptors (Lipinski definition) is 3. The number of aromatic hydroxyl groups is 1. The number of fused-ring (bicyclic) bond motifs is 1. The number of oxazole rings is 1. The van der Waals surface area contributed by atoms with Crippen molar-refractivity contribution >= 4 is 11.1 Å². The zero-order valence-electron chi connectivity index (χ0n) is 6.03. The fraction of sp³-hybridized carbons (Fsp3) is 0.125. The number of aromatic nitrogens is 1. The van der Waals surface area contributed by atoms with Crippen LogP contribution in [0.25, 0.3) is 11.1 Å². The van der Waals surface area contributed by atoms with Crippen LogP contribution in [0.5, 0.6) is 5.75 Å². The number of aryl methyl sites for hydroxylation is 1. The zero-order chi connectivity index (χ0) is 7.84. The van der Waals surface area contributed by atoms with Gasteiger partial charge >= 0.3 is 0 Å². The molecule has 1 aromatic heterocycles. The zero-order valence-corrected chi connectivity index (χ0v) is 6.03. The number of rotatable bonds is 0. The summed E-state index contributed by atoms with van der Waals surface area (Å²) >= 11 is 0. The first-order chi connectivity index (χ1) is 5.29. The first-order valence-electron chi connectivity index (χ1n) is 3.31. The first-order valence-corrected chi connectivity index (χ1v) is 3.31. The van der Waals surface area contributed by atoms with Gasteiger partial charge in [-0.25, -0.2) is 4.98 Å². The molecule has 0 spiro atoms. The van der Waals surface area contributed by atoms with E-state index in [0.717, 1.165) is 11.1 Å². The maximum atomic E-state index is 9.25. The van der Waals surface area contributed by atoms with Gasteiger partial charge in [-0.1, -0.05) is 0 Å². The topological polar surface area (TPSA) is 46.3 Å². The van der Waals surface area contributed by atoms with Crippen molar-refractivity contribution in [3.05, 3.63) is 24.1 Å². The Hall–Kier alpha value is -1.51. The van der Waals surface area contributed by atoms with Crippen LogP contribution in [0, 0.1) is 6.92 Å². The van der Waals surface area contributed by atoms with Crippen molar-refractivity contribution in [3.8, 4) is 5.75 Å². The molecular weight excluding hydrogens is 142 g/mol. The van der Waals surface area contributed by atoms with E-state index in [2.05, 4.69) is 4.98 Å². The van der Waals surface area contributed by atoms with Crippen molar-refractivity contribution in [1.82, 2.24) is 4.98 Å². The molecule has 0 aliphatic rings. The standard InChI is InChI=1S/C8H7NO2/c1-5-6(10)2-3-7-8(5)9-4-11-7/h2-4,10H,1H3. The number of nitrogens with zero attached hydrogens (tertiary/aromatic N) is 1. The molecule has 56 valence electrons. The van der Waals surface area contributed by atoms with Gasteiger partial charge in [0.15, 0.2) is 12.0 Å². The van der Waals surface area contributed by atoms with Gasteiger partial charge in [0, 0.05) is 5.56 Å². The van der Waals surface area contributed by atoms with Gasteiger partial charge in [0.05, 0.1) is 0 Å². The first kappa shape index (κ1) is 6.22. The lowest BCUT2D eigenvalue weighted by Crippen LogP contribution is -1.76. The van der Waals surface area contributed by atoms with E-state index in [4.69, 9.17) is 4.42 Å². The summed E-state index contributed by atoms with van der Waals surface area (Å²) in [6, 6.07) is 3.30. The summed E-state index contributed by atoms with van der Waals surface area (Å²) in [5.74, 6) is 0.256. The van der Waals surface area contributed by atoms with Gasteiger partial charge in [-0.05, 0) is 19.1 Å². The van der Waals surface area contributed by atoms with E-state index in [1.165, 1.54) is 6.39 Å². The lowest BCUT2D eigenvalue weighted by Gasteiger charge is -1.95. The minimum absolute atomic E-state index is 0.256. The van der Waals surface area contributed by atoms with E-state index in [-0.39, 0.29) is 5.75 Å². The van der Waals surface area contributed by atoms with Gasteiger partial charge in [0.25, 0.3) is 0 Å². The van der Waals surface area contributed by atoms with E-state index >= 15 is 0 Å². The van der Waals surface area contributed by atoms with Crippen LogP contribution in [0.2, 0.25) is 0 Å². The summed E-state index contributed by atoms with van der Waals surface area (Å²) in [7, 11) is 0. The van der Waals surface area contributed by atoms with Crippen molar-refractivity contribution < 1.29 is 9.52 Å². The molecule has 0 radical (unpaired) electrons. The molecule has 2 aromatic rings. The van der Waals surface area contributed by atoms with Gasteiger partial charge < -0.3 is 9.52 Å². The number of phenolic OH excluding ortho intramolecular Hbond substituents is 1. The monoisotopic (exact) mass is 149 g/mol. The fourth-order valence-corrected chi connectivity index (χ4v) is 1.06. The minimum Gasteiger partial charge on any atom is -0.508 e. The second-order valence-corrected chi connectivity index (χ2v) is 2.41. The third kappa shape index (κ3) is 0.774. The summed E-state index contributed by atoms with van der Waals surface area (Å²) in [4.78, 5) is 3.95. The Kier molecular flexibility index (Phi) is 1.12. The molecule has 0 fully saturated rings. The van der Waals surface area contributed by atoms with Crippen LogP contribution in [-0.4, -0.2) is 10.1 Å². The van der Waals surface area contributed by atoms with Crippen molar-refractivity contribution in [2.45, 2.75) is 6.92 Å². The van der Waals surface area contributed by atoms with Crippen LogP contribution in [0.15, 0.2) is 22.9 Å². The number of hydrogen-bond donors (Lipinski definition) is 1. The number of phenols is 1. The van der Waals surface area contributed by atoms with Gasteiger partial charge in [-0.3, -0.25) is 0 Å². The predicted molar refractivity (Wildman–Crippen MR) is 40.4 cm³/mol. The van der Waals surface area contributed by atoms with Crippen LogP contribution in [-0.2, 0) is 0 Å². The summed E-state index contributed by atoms with van der Waals surface area (Å²) in [6.07, 6.45) is 1.37. The Labute approximate surface area is 63.3 Å². The molecule has 0 aliphatic heterocycles. The van der Waals surface area contributed by atoms with Crippen LogP contribution in [0.4, 0.5) is 0 Å². The van der Waals surface area contributed by atoms with Gasteiger partial charge in [0.1, 0.15) is 11.3 Å². The van der Waals surface area contributed by atoms with Gasteiger partial charge in [-0.15, -0.1) is 0 Å². The average Bonchev–Trinajstić information content (AvgIpc) is 2.45. The van der Waals surface area contributed by atoms with Crippen molar-refractivity contribution in [2.24, 2.45) is 0 Å². The second kappa shape index (κ2) is 1.99. The SMILES string of the molecule is Cc1c(O)ccc2ocnc12. The Morgan fingerprint density at radius 2 is 2.27 bits per heavy atom. The molecule has 0 unspecified atom stereocenters. The maximum Gasteiger partial charge on any atom is 0.181 e. The highest BCUT2D eigenvalue weighted by atomic mass is 16.3. The molecule has 3 heteroatoms. The molecule has 1 aromatic carbocycles. The normalized spacial score (nSPS) is 10.6. The lowest BCUT2D eigenvalue weighted by molar-refractivity contribution is 0.472. The molecule has 1 N–H and O–H groups in total. The lowest BCUT2D eigenvalue weighted by atomic mass is 10.2. The van der Waals surface area contributed by atoms with Crippen molar-refractivity contribution in [3.63, 3.8) is 0 Å². The summed E-state index contributed by atoms with van der Waals surface area (Å²) < 4.78 is 5.03. The molecule has 0 bridgehead atoms. The maximum absolute atomic E-state index is 9.25. The highest BCUT2D eigenvalue weighted by molar-refractivity contribution is 5.78. The molecule has 0 amide bonds. The summed E-state index contributed by atoms with van der Waals surface area (Å²) in [5.41, 5.74) is 2.20. The Bertz CT molecular complexity index is 392. The van der Waals surface area contributed by atoms with Crippen LogP contribution < -0.4 is 0 Å². The quantitative estimate of drug-likeness (QED) is 0.621. The van der Waals surface area contributed by atoms with E-state index < -0.39 is 0 Å². The molecule has 0 saturated heterocycles. The van der Waals surface area contributed by atoms with Crippen molar-refractivity contribution in [1.29, 1.82) is 0 Å². The fourth-order valence-electron chi connectivity index (χ4n) is 1.06. The highest BCUT2D eigenvalue weighted by Gasteiger charge is 2.04. The van der Waals surface area contributed by atoms with E-state index in [0.29, 0.717) is 5.58 Å². The Balaban J connectivity index is 2.93. The molecule has 0 atom stereocenters. The second-order valence-electron chi connectivity index (χ2n) is 2.41. The minimum atomic E-state index is 0.256. The molecule has 3 nitrogen and oxygen atoms in total. The van der Waals surface area contributed by atoms with Crippen LogP contribution in [0.3, 0.4) is 0 Å². The smallest absolute Gasteiger partial charge is 0.181 e. The van der Waals surface area contributed by atoms with Crippen molar-refractivity contribution in [2.75, 3.05) is 0 Å². The van der Waals surface area contributed by atoms with E-state index in [1.54, 1.807) is 19.1 Å². The third-order valence-corrected chi connectivity index (χ3v) is 1.73. The molecule has 0 aliphatic carbocycles. The Morgan fingerprint density at radius 1 is 1.45 bits per heavy atom. The predicted octanol–water partition coefficient (Wildman–Crippen LogP) is 1.84. The Morgan fingerprint density at radius 3 is 3.09 bits per heavy atom. The van der Waals surface area contributed by atoms with Crippen LogP contribution in [0.1, 0.15) is 5.56 Å². The average molecular weight is 149 g/mol. The van der Waals surface area contributed by atoms with E-state index in [9.17, 15) is 5.11 Å². The number of benzene rings is 1. The third-order valence-electron chi connectivity index (χ3n) is 1.73. The molecular formula is C8H7NO2. The molecule has 1 heterocycles. The highest BCUT2D eigenvalue weighted by Crippen LogP contribution is 2.24. The van der Waals surface area contributed by atoms with Gasteiger partial charge in [-0.2, -0.15) is 0 Å². The largest absolute Gasteiger partial charge is 0.508 e. The molecule has 11 heavy (non-hydrogen) atoms. The summed E-state index contributed by atoms with van der Waals surface area (Å²) in [5, 5.41) is 9.25. The van der Waals surface area contributed by atoms with Gasteiger partial charge in [0.2, 0.25) is 0 Å². The molecule has 0 saturated carbocycles. The summed E-state index contributed by atoms with van der Waals surface area (Å²) in [6.45, 7) is 1.81. The molecule has 2 rings (SSSR count). The van der Waals surface area contributed by atoms with Crippen LogP contribution >= 0.6 is 0 Å². The van der Waals surface area contributed by atoms with E-state index in [1.807, 2.05) is 0 Å².